The number of hydrogen-bond acceptors (Lipinski definition) is 6. The van der Waals surface area contributed by atoms with Crippen molar-refractivity contribution < 1.29 is 23.2 Å². The summed E-state index contributed by atoms with van der Waals surface area (Å²) in [5.41, 5.74) is 2.79. The number of hydrogen-bond donors (Lipinski definition) is 1. The Bertz CT molecular complexity index is 1540. The molecule has 2 heterocycles. The quantitative estimate of drug-likeness (QED) is 0.306. The smallest absolute Gasteiger partial charge is 0.256 e. The number of nitrogens with one attached hydrogen (secondary N) is 1. The summed E-state index contributed by atoms with van der Waals surface area (Å²) < 4.78 is 32.0. The van der Waals surface area contributed by atoms with Crippen molar-refractivity contribution in [2.45, 2.75) is 26.0 Å². The zero-order valence-electron chi connectivity index (χ0n) is 20.5. The molecule has 0 radical (unpaired) electrons. The Balaban J connectivity index is 1.45. The van der Waals surface area contributed by atoms with Crippen molar-refractivity contribution in [3.8, 4) is 17.2 Å². The number of fused-ring (bicyclic) bond motifs is 1. The van der Waals surface area contributed by atoms with Crippen LogP contribution in [0.5, 0.6) is 11.5 Å². The van der Waals surface area contributed by atoms with Gasteiger partial charge in [0.05, 0.1) is 36.7 Å². The molecule has 5 rings (SSSR count). The third kappa shape index (κ3) is 5.02. The number of halogens is 1. The summed E-state index contributed by atoms with van der Waals surface area (Å²) in [7, 11) is 1.60. The van der Waals surface area contributed by atoms with Gasteiger partial charge in [0.2, 0.25) is 0 Å². The first-order valence-electron chi connectivity index (χ1n) is 11.7. The molecule has 9 heteroatoms. The molecule has 37 heavy (non-hydrogen) atoms. The van der Waals surface area contributed by atoms with Crippen molar-refractivity contribution in [3.05, 3.63) is 102 Å². The summed E-state index contributed by atoms with van der Waals surface area (Å²) >= 11 is 0. The number of ether oxygens (including phenoxy) is 2. The van der Waals surface area contributed by atoms with Crippen LogP contribution in [0, 0.1) is 12.7 Å². The number of amides is 1. The van der Waals surface area contributed by atoms with Crippen LogP contribution in [0.3, 0.4) is 0 Å². The first-order valence-corrected chi connectivity index (χ1v) is 11.7. The number of rotatable bonds is 8. The fourth-order valence-electron chi connectivity index (χ4n) is 4.17. The maximum atomic E-state index is 13.4. The highest BCUT2D eigenvalue weighted by Gasteiger charge is 2.26. The van der Waals surface area contributed by atoms with Gasteiger partial charge >= 0.3 is 0 Å². The van der Waals surface area contributed by atoms with Crippen LogP contribution < -0.4 is 14.8 Å². The molecule has 0 aliphatic rings. The number of benzene rings is 3. The number of nitrogens with zero attached hydrogens (tertiary/aromatic N) is 3. The van der Waals surface area contributed by atoms with Crippen molar-refractivity contribution in [2.75, 3.05) is 7.11 Å². The topological polar surface area (TPSA) is 91.4 Å². The van der Waals surface area contributed by atoms with Gasteiger partial charge in [-0.1, -0.05) is 17.3 Å². The molecule has 2 aromatic heterocycles. The van der Waals surface area contributed by atoms with E-state index in [0.717, 1.165) is 22.2 Å². The zero-order valence-corrected chi connectivity index (χ0v) is 20.5. The Labute approximate surface area is 212 Å². The Morgan fingerprint density at radius 2 is 1.86 bits per heavy atom. The Hall–Kier alpha value is -4.66. The largest absolute Gasteiger partial charge is 0.497 e. The van der Waals surface area contributed by atoms with Gasteiger partial charge in [-0.3, -0.25) is 4.79 Å². The maximum Gasteiger partial charge on any atom is 0.256 e. The molecular formula is C28H25FN4O4. The van der Waals surface area contributed by atoms with Crippen LogP contribution in [0.2, 0.25) is 0 Å². The third-order valence-electron chi connectivity index (χ3n) is 6.10. The number of methoxy groups -OCH3 is 1. The van der Waals surface area contributed by atoms with Crippen LogP contribution in [0.1, 0.15) is 34.7 Å². The summed E-state index contributed by atoms with van der Waals surface area (Å²) in [4.78, 5) is 12.9. The molecule has 0 unspecified atom stereocenters. The summed E-state index contributed by atoms with van der Waals surface area (Å²) in [6.45, 7) is 3.56. The molecule has 5 aromatic rings. The van der Waals surface area contributed by atoms with Crippen LogP contribution in [-0.2, 0) is 0 Å². The molecule has 188 valence electrons. The fraction of sp³-hybridized carbons (Fsp3) is 0.179. The van der Waals surface area contributed by atoms with Gasteiger partial charge in [0.1, 0.15) is 34.7 Å². The van der Waals surface area contributed by atoms with Gasteiger partial charge in [0.25, 0.3) is 5.91 Å². The molecule has 2 atom stereocenters. The van der Waals surface area contributed by atoms with Gasteiger partial charge in [0, 0.05) is 5.39 Å². The fourth-order valence-corrected chi connectivity index (χ4v) is 4.17. The predicted octanol–water partition coefficient (Wildman–Crippen LogP) is 5.41. The normalized spacial score (nSPS) is 12.8. The highest BCUT2D eigenvalue weighted by Crippen LogP contribution is 2.30. The molecule has 1 amide bonds. The number of carbonyl (C=O) groups excluding carboxylic acids is 1. The van der Waals surface area contributed by atoms with E-state index in [1.807, 2.05) is 49.4 Å². The van der Waals surface area contributed by atoms with Crippen LogP contribution in [-0.4, -0.2) is 34.0 Å². The van der Waals surface area contributed by atoms with Crippen molar-refractivity contribution in [1.29, 1.82) is 0 Å². The molecule has 0 spiro atoms. The predicted molar refractivity (Wildman–Crippen MR) is 136 cm³/mol. The monoisotopic (exact) mass is 500 g/mol. The standard InChI is InChI=1S/C28H25FN4O4/c1-17(32-28(34)25-16-31-37-18(25)2)27(19-5-4-6-23(13-19)35-3)36-24-11-12-26-20(14-24)15-30-33(26)22-9-7-21(29)8-10-22/h4-17,27H,1-3H3,(H,32,34)/t17-,27+/m0/s1. The van der Waals surface area contributed by atoms with Gasteiger partial charge in [-0.25, -0.2) is 9.07 Å². The van der Waals surface area contributed by atoms with Crippen LogP contribution in [0.25, 0.3) is 16.6 Å². The van der Waals surface area contributed by atoms with Crippen LogP contribution >= 0.6 is 0 Å². The second-order valence-corrected chi connectivity index (χ2v) is 8.63. The lowest BCUT2D eigenvalue weighted by Gasteiger charge is -2.27. The van der Waals surface area contributed by atoms with Gasteiger partial charge in [0.15, 0.2) is 0 Å². The molecule has 1 N–H and O–H groups in total. The van der Waals surface area contributed by atoms with E-state index in [1.54, 1.807) is 37.0 Å². The highest BCUT2D eigenvalue weighted by molar-refractivity contribution is 5.95. The van der Waals surface area contributed by atoms with Crippen molar-refractivity contribution in [1.82, 2.24) is 20.3 Å². The molecule has 0 aliphatic heterocycles. The third-order valence-corrected chi connectivity index (χ3v) is 6.10. The van der Waals surface area contributed by atoms with Crippen LogP contribution in [0.15, 0.2) is 83.6 Å². The lowest BCUT2D eigenvalue weighted by Crippen LogP contribution is -2.39. The second kappa shape index (κ2) is 10.1. The average molecular weight is 501 g/mol. The molecule has 8 nitrogen and oxygen atoms in total. The number of aryl methyl sites for hydroxylation is 1. The van der Waals surface area contributed by atoms with E-state index in [9.17, 15) is 9.18 Å². The van der Waals surface area contributed by atoms with Gasteiger partial charge in [-0.15, -0.1) is 0 Å². The van der Waals surface area contributed by atoms with Crippen molar-refractivity contribution in [3.63, 3.8) is 0 Å². The van der Waals surface area contributed by atoms with Crippen LogP contribution in [0.4, 0.5) is 4.39 Å². The molecule has 0 fully saturated rings. The van der Waals surface area contributed by atoms with Crippen molar-refractivity contribution in [2.24, 2.45) is 0 Å². The molecule has 0 saturated carbocycles. The van der Waals surface area contributed by atoms with Gasteiger partial charge < -0.3 is 19.3 Å². The first-order chi connectivity index (χ1) is 17.9. The highest BCUT2D eigenvalue weighted by atomic mass is 19.1. The van der Waals surface area contributed by atoms with Gasteiger partial charge in [-0.2, -0.15) is 5.10 Å². The van der Waals surface area contributed by atoms with E-state index in [1.165, 1.54) is 18.3 Å². The summed E-state index contributed by atoms with van der Waals surface area (Å²) in [6.07, 6.45) is 2.58. The molecule has 0 aliphatic carbocycles. The lowest BCUT2D eigenvalue weighted by molar-refractivity contribution is 0.0880. The maximum absolute atomic E-state index is 13.4. The van der Waals surface area contributed by atoms with E-state index < -0.39 is 12.1 Å². The molecule has 0 bridgehead atoms. The minimum Gasteiger partial charge on any atom is -0.497 e. The minimum absolute atomic E-state index is 0.306. The molecule has 3 aromatic carbocycles. The summed E-state index contributed by atoms with van der Waals surface area (Å²) in [6, 6.07) is 18.9. The number of carbonyl (C=O) groups is 1. The average Bonchev–Trinajstić information content (AvgIpc) is 3.53. The Morgan fingerprint density at radius 1 is 1.05 bits per heavy atom. The van der Waals surface area contributed by atoms with E-state index in [0.29, 0.717) is 22.8 Å². The van der Waals surface area contributed by atoms with Crippen molar-refractivity contribution >= 4 is 16.8 Å². The summed E-state index contributed by atoms with van der Waals surface area (Å²) in [5, 5.41) is 12.0. The van der Waals surface area contributed by atoms with E-state index in [4.69, 9.17) is 14.0 Å². The SMILES string of the molecule is COc1cccc([C@H](Oc2ccc3c(cnn3-c3ccc(F)cc3)c2)[C@H](C)NC(=O)c2cnoc2C)c1. The van der Waals surface area contributed by atoms with E-state index in [2.05, 4.69) is 15.6 Å². The number of aromatic nitrogens is 3. The molecule has 0 saturated heterocycles. The molecular weight excluding hydrogens is 475 g/mol. The minimum atomic E-state index is -0.538. The second-order valence-electron chi connectivity index (χ2n) is 8.63. The first kappa shape index (κ1) is 24.1. The Morgan fingerprint density at radius 3 is 2.59 bits per heavy atom. The van der Waals surface area contributed by atoms with E-state index >= 15 is 0 Å². The Kier molecular flexibility index (Phi) is 6.59. The lowest BCUT2D eigenvalue weighted by atomic mass is 10.0. The summed E-state index contributed by atoms with van der Waals surface area (Å²) in [5.74, 6) is 1.10. The zero-order chi connectivity index (χ0) is 25.9. The van der Waals surface area contributed by atoms with E-state index in [-0.39, 0.29) is 11.7 Å². The van der Waals surface area contributed by atoms with Gasteiger partial charge in [-0.05, 0) is 74.0 Å².